The highest BCUT2D eigenvalue weighted by Gasteiger charge is 2.30. The number of fused-ring (bicyclic) bond motifs is 1. The molecule has 3 aromatic rings. The minimum absolute atomic E-state index is 0.0341. The second kappa shape index (κ2) is 9.82. The maximum atomic E-state index is 13.3. The normalized spacial score (nSPS) is 15.6. The van der Waals surface area contributed by atoms with E-state index in [4.69, 9.17) is 9.84 Å². The highest BCUT2D eigenvalue weighted by Crippen LogP contribution is 2.42. The summed E-state index contributed by atoms with van der Waals surface area (Å²) >= 11 is 0. The van der Waals surface area contributed by atoms with Gasteiger partial charge < -0.3 is 14.9 Å². The summed E-state index contributed by atoms with van der Waals surface area (Å²) < 4.78 is 19.5. The van der Waals surface area contributed by atoms with E-state index in [0.29, 0.717) is 6.61 Å². The number of halogens is 1. The number of benzene rings is 3. The molecule has 0 aromatic heterocycles. The lowest BCUT2D eigenvalue weighted by molar-refractivity contribution is 0.0697. The standard InChI is InChI=1S/C29H29FO4/c1-29(2)15-3-4-24-25(29)16-22(17-27(24)34-18-20-7-12-23(30)13-8-20)26(31)14-9-19-5-10-21(11-6-19)28(32)33/h5-14,16-17,26,31H,3-4,15,18H2,1-2H3,(H,32,33). The third-order valence-electron chi connectivity index (χ3n) is 6.47. The summed E-state index contributed by atoms with van der Waals surface area (Å²) in [5, 5.41) is 20.0. The maximum absolute atomic E-state index is 13.3. The molecule has 0 saturated carbocycles. The third-order valence-corrected chi connectivity index (χ3v) is 6.47. The molecule has 0 heterocycles. The van der Waals surface area contributed by atoms with Gasteiger partial charge in [-0.15, -0.1) is 0 Å². The number of carbonyl (C=O) groups is 1. The zero-order valence-corrected chi connectivity index (χ0v) is 19.4. The Morgan fingerprint density at radius 1 is 1.12 bits per heavy atom. The Bertz CT molecular complexity index is 1190. The number of hydrogen-bond donors (Lipinski definition) is 2. The largest absolute Gasteiger partial charge is 0.489 e. The number of carboxylic acids is 1. The molecule has 1 aliphatic rings. The lowest BCUT2D eigenvalue weighted by atomic mass is 9.72. The SMILES string of the molecule is CC1(C)CCCc2c(OCc3ccc(F)cc3)cc(C(O)C=Cc3ccc(C(=O)O)cc3)cc21. The smallest absolute Gasteiger partial charge is 0.335 e. The summed E-state index contributed by atoms with van der Waals surface area (Å²) in [6.07, 6.45) is 5.66. The third kappa shape index (κ3) is 5.37. The van der Waals surface area contributed by atoms with Gasteiger partial charge in [-0.2, -0.15) is 0 Å². The number of aliphatic hydroxyl groups excluding tert-OH is 1. The summed E-state index contributed by atoms with van der Waals surface area (Å²) in [4.78, 5) is 11.0. The number of rotatable bonds is 7. The van der Waals surface area contributed by atoms with Crippen LogP contribution in [0.5, 0.6) is 5.75 Å². The van der Waals surface area contributed by atoms with Crippen LogP contribution in [0.2, 0.25) is 0 Å². The van der Waals surface area contributed by atoms with Gasteiger partial charge in [0.25, 0.3) is 0 Å². The van der Waals surface area contributed by atoms with Gasteiger partial charge in [-0.25, -0.2) is 9.18 Å². The molecule has 0 aliphatic heterocycles. The second-order valence-corrected chi connectivity index (χ2v) is 9.43. The summed E-state index contributed by atoms with van der Waals surface area (Å²) in [5.41, 5.74) is 4.95. The molecule has 1 unspecified atom stereocenters. The molecule has 3 aromatic carbocycles. The van der Waals surface area contributed by atoms with Gasteiger partial charge in [0.2, 0.25) is 0 Å². The molecule has 0 radical (unpaired) electrons. The van der Waals surface area contributed by atoms with E-state index < -0.39 is 12.1 Å². The van der Waals surface area contributed by atoms with Crippen molar-refractivity contribution in [2.45, 2.75) is 51.2 Å². The van der Waals surface area contributed by atoms with Crippen molar-refractivity contribution in [3.63, 3.8) is 0 Å². The highest BCUT2D eigenvalue weighted by molar-refractivity contribution is 5.87. The molecule has 1 atom stereocenters. The van der Waals surface area contributed by atoms with E-state index in [1.54, 1.807) is 36.4 Å². The molecule has 4 nitrogen and oxygen atoms in total. The van der Waals surface area contributed by atoms with Crippen molar-refractivity contribution in [3.05, 3.63) is 106 Å². The first-order chi connectivity index (χ1) is 16.2. The van der Waals surface area contributed by atoms with Crippen LogP contribution in [0.15, 0.2) is 66.7 Å². The summed E-state index contributed by atoms with van der Waals surface area (Å²) in [6, 6.07) is 16.7. The molecule has 176 valence electrons. The minimum Gasteiger partial charge on any atom is -0.489 e. The van der Waals surface area contributed by atoms with E-state index in [1.165, 1.54) is 35.4 Å². The number of carboxylic acid groups (broad SMARTS) is 1. The molecule has 2 N–H and O–H groups in total. The lowest BCUT2D eigenvalue weighted by Crippen LogP contribution is -2.25. The average Bonchev–Trinajstić information content (AvgIpc) is 2.82. The van der Waals surface area contributed by atoms with Crippen molar-refractivity contribution < 1.29 is 24.1 Å². The van der Waals surface area contributed by atoms with Gasteiger partial charge in [0.15, 0.2) is 0 Å². The van der Waals surface area contributed by atoms with Crippen molar-refractivity contribution in [2.24, 2.45) is 0 Å². The topological polar surface area (TPSA) is 66.8 Å². The molecular weight excluding hydrogens is 431 g/mol. The summed E-state index contributed by atoms with van der Waals surface area (Å²) in [7, 11) is 0. The Labute approximate surface area is 199 Å². The van der Waals surface area contributed by atoms with E-state index in [-0.39, 0.29) is 16.8 Å². The van der Waals surface area contributed by atoms with Gasteiger partial charge in [-0.3, -0.25) is 0 Å². The van der Waals surface area contributed by atoms with E-state index in [9.17, 15) is 14.3 Å². The summed E-state index contributed by atoms with van der Waals surface area (Å²) in [6.45, 7) is 4.74. The van der Waals surface area contributed by atoms with Crippen molar-refractivity contribution >= 4 is 12.0 Å². The van der Waals surface area contributed by atoms with E-state index in [2.05, 4.69) is 19.9 Å². The molecule has 0 spiro atoms. The van der Waals surface area contributed by atoms with Gasteiger partial charge in [0.05, 0.1) is 11.7 Å². The fraction of sp³-hybridized carbons (Fsp3) is 0.276. The Morgan fingerprint density at radius 2 is 1.82 bits per heavy atom. The van der Waals surface area contributed by atoms with Crippen LogP contribution >= 0.6 is 0 Å². The predicted molar refractivity (Wildman–Crippen MR) is 131 cm³/mol. The monoisotopic (exact) mass is 460 g/mol. The van der Waals surface area contributed by atoms with Crippen molar-refractivity contribution in [3.8, 4) is 5.75 Å². The molecule has 0 saturated heterocycles. The first kappa shape index (κ1) is 23.7. The van der Waals surface area contributed by atoms with E-state index >= 15 is 0 Å². The number of ether oxygens (including phenoxy) is 1. The van der Waals surface area contributed by atoms with Crippen molar-refractivity contribution in [1.82, 2.24) is 0 Å². The van der Waals surface area contributed by atoms with Crippen LogP contribution in [0.4, 0.5) is 4.39 Å². The number of aliphatic hydroxyl groups is 1. The fourth-order valence-electron chi connectivity index (χ4n) is 4.46. The molecule has 0 amide bonds. The van der Waals surface area contributed by atoms with Crippen LogP contribution in [-0.2, 0) is 18.4 Å². The van der Waals surface area contributed by atoms with E-state index in [1.807, 2.05) is 6.07 Å². The molecule has 34 heavy (non-hydrogen) atoms. The van der Waals surface area contributed by atoms with Crippen molar-refractivity contribution in [2.75, 3.05) is 0 Å². The molecular formula is C29H29FO4. The Hall–Kier alpha value is -3.44. The first-order valence-electron chi connectivity index (χ1n) is 11.5. The molecule has 4 rings (SSSR count). The van der Waals surface area contributed by atoms with Crippen LogP contribution in [0.25, 0.3) is 6.08 Å². The zero-order chi connectivity index (χ0) is 24.3. The quantitative estimate of drug-likeness (QED) is 0.424. The molecule has 5 heteroatoms. The first-order valence-corrected chi connectivity index (χ1v) is 11.5. The van der Waals surface area contributed by atoms with Gasteiger partial charge in [0, 0.05) is 0 Å². The molecule has 1 aliphatic carbocycles. The Balaban J connectivity index is 1.61. The van der Waals surface area contributed by atoms with Crippen LogP contribution in [0.3, 0.4) is 0 Å². The summed E-state index contributed by atoms with van der Waals surface area (Å²) in [5.74, 6) is -0.499. The van der Waals surface area contributed by atoms with Gasteiger partial charge in [-0.05, 0) is 82.8 Å². The van der Waals surface area contributed by atoms with Crippen LogP contribution in [0.1, 0.15) is 71.0 Å². The van der Waals surface area contributed by atoms with Gasteiger partial charge >= 0.3 is 5.97 Å². The van der Waals surface area contributed by atoms with Crippen LogP contribution in [-0.4, -0.2) is 16.2 Å². The fourth-order valence-corrected chi connectivity index (χ4v) is 4.46. The van der Waals surface area contributed by atoms with Crippen LogP contribution in [0, 0.1) is 5.82 Å². The highest BCUT2D eigenvalue weighted by atomic mass is 19.1. The lowest BCUT2D eigenvalue weighted by Gasteiger charge is -2.34. The van der Waals surface area contributed by atoms with Crippen molar-refractivity contribution in [1.29, 1.82) is 0 Å². The predicted octanol–water partition coefficient (Wildman–Crippen LogP) is 6.46. The number of hydrogen-bond acceptors (Lipinski definition) is 3. The average molecular weight is 461 g/mol. The van der Waals surface area contributed by atoms with Gasteiger partial charge in [-0.1, -0.05) is 56.3 Å². The zero-order valence-electron chi connectivity index (χ0n) is 19.4. The van der Waals surface area contributed by atoms with Gasteiger partial charge in [0.1, 0.15) is 18.2 Å². The molecule has 0 fully saturated rings. The Morgan fingerprint density at radius 3 is 2.50 bits per heavy atom. The van der Waals surface area contributed by atoms with Crippen LogP contribution < -0.4 is 4.74 Å². The Kier molecular flexibility index (Phi) is 6.85. The minimum atomic E-state index is -0.972. The number of aromatic carboxylic acids is 1. The molecule has 0 bridgehead atoms. The second-order valence-electron chi connectivity index (χ2n) is 9.43. The maximum Gasteiger partial charge on any atom is 0.335 e. The van der Waals surface area contributed by atoms with E-state index in [0.717, 1.165) is 41.7 Å².